The number of hydrogen-bond acceptors (Lipinski definition) is 2. The molecular formula is H4MgO3Ti. The van der Waals surface area contributed by atoms with Crippen LogP contribution in [0.5, 0.6) is 0 Å². The van der Waals surface area contributed by atoms with Crippen molar-refractivity contribution in [1.82, 2.24) is 0 Å². The molecule has 0 saturated carbocycles. The molecule has 0 radical (unpaired) electrons. The first kappa shape index (κ1) is 16.6. The van der Waals surface area contributed by atoms with Crippen molar-refractivity contribution >= 4 is 23.1 Å². The fraction of sp³-hybridized carbons (Fsp3) is 0. The van der Waals surface area contributed by atoms with Gasteiger partial charge in [-0.25, -0.2) is 0 Å². The van der Waals surface area contributed by atoms with E-state index in [2.05, 4.69) is 0 Å². The van der Waals surface area contributed by atoms with Gasteiger partial charge in [0.25, 0.3) is 0 Å². The topological polar surface area (TPSA) is 65.6 Å². The van der Waals surface area contributed by atoms with Crippen LogP contribution < -0.4 is 0 Å². The quantitative estimate of drug-likeness (QED) is 0.380. The predicted molar refractivity (Wildman–Crippen MR) is 13.0 cm³/mol. The summed E-state index contributed by atoms with van der Waals surface area (Å²) >= 11 is -2.00. The second-order valence-electron chi connectivity index (χ2n) is 0.0833. The average Bonchev–Trinajstić information content (AvgIpc) is 0.918. The molecule has 0 heterocycles. The summed E-state index contributed by atoms with van der Waals surface area (Å²) in [6.07, 6.45) is 0. The van der Waals surface area contributed by atoms with Crippen LogP contribution in [-0.2, 0) is 25.7 Å². The molecule has 0 bridgehead atoms. The van der Waals surface area contributed by atoms with Gasteiger partial charge >= 0.3 is 48.8 Å². The molecule has 0 unspecified atom stereocenters. The second kappa shape index (κ2) is 19.8. The van der Waals surface area contributed by atoms with Crippen molar-refractivity contribution in [3.63, 3.8) is 0 Å². The molecule has 0 aliphatic carbocycles. The van der Waals surface area contributed by atoms with Crippen molar-refractivity contribution in [2.75, 3.05) is 0 Å². The molecule has 5 heavy (non-hydrogen) atoms. The molecule has 0 amide bonds. The first-order chi connectivity index (χ1) is 1.41. The Morgan fingerprint density at radius 2 is 1.40 bits per heavy atom. The Bertz CT molecular complexity index is 33.9. The zero-order valence-electron chi connectivity index (χ0n) is 4.52. The minimum atomic E-state index is -2.00. The van der Waals surface area contributed by atoms with E-state index in [0.29, 0.717) is 0 Å². The molecule has 28 valence electrons. The number of rotatable bonds is 0. The zero-order valence-corrected chi connectivity index (χ0v) is 5.50. The summed E-state index contributed by atoms with van der Waals surface area (Å²) in [6.45, 7) is 0. The Kier molecular flexibility index (Phi) is 65.6. The summed E-state index contributed by atoms with van der Waals surface area (Å²) < 4.78 is 17.0. The average molecular weight is 124 g/mol. The second-order valence-corrected chi connectivity index (χ2v) is 0.344. The van der Waals surface area contributed by atoms with Crippen molar-refractivity contribution in [3.8, 4) is 0 Å². The van der Waals surface area contributed by atoms with E-state index in [1.165, 1.54) is 0 Å². The maximum absolute atomic E-state index is 8.50. The van der Waals surface area contributed by atoms with Crippen molar-refractivity contribution < 1.29 is 34.1 Å². The van der Waals surface area contributed by atoms with Gasteiger partial charge in [-0.05, 0) is 0 Å². The number of hydrogen-bond donors (Lipinski definition) is 0. The van der Waals surface area contributed by atoms with Gasteiger partial charge in [-0.1, -0.05) is 0 Å². The Morgan fingerprint density at radius 3 is 1.40 bits per heavy atom. The van der Waals surface area contributed by atoms with Gasteiger partial charge in [-0.3, -0.25) is 0 Å². The van der Waals surface area contributed by atoms with E-state index in [9.17, 15) is 0 Å². The van der Waals surface area contributed by atoms with E-state index in [1.807, 2.05) is 0 Å². The third-order valence-electron chi connectivity index (χ3n) is 0. The fourth-order valence-electron chi connectivity index (χ4n) is 0. The van der Waals surface area contributed by atoms with E-state index < -0.39 is 19.1 Å². The van der Waals surface area contributed by atoms with Gasteiger partial charge in [0.1, 0.15) is 0 Å². The van der Waals surface area contributed by atoms with Crippen LogP contribution in [-0.4, -0.2) is 28.5 Å². The minimum absolute atomic E-state index is 0. The molecule has 0 aliphatic heterocycles. The Hall–Kier alpha value is 1.04. The predicted octanol–water partition coefficient (Wildman–Crippen LogP) is -1.22. The molecule has 0 aromatic heterocycles. The van der Waals surface area contributed by atoms with Crippen LogP contribution in [0.3, 0.4) is 0 Å². The van der Waals surface area contributed by atoms with Crippen LogP contribution >= 0.6 is 0 Å². The van der Waals surface area contributed by atoms with Gasteiger partial charge < -0.3 is 8.33 Å². The van der Waals surface area contributed by atoms with E-state index in [4.69, 9.17) is 6.65 Å². The monoisotopic (exact) mass is 124 g/mol. The van der Waals surface area contributed by atoms with Crippen LogP contribution in [0.2, 0.25) is 0 Å². The van der Waals surface area contributed by atoms with Gasteiger partial charge in [0, 0.05) is 0 Å². The molecule has 2 N–H and O–H groups in total. The molecule has 0 spiro atoms. The summed E-state index contributed by atoms with van der Waals surface area (Å²) in [7, 11) is 0. The van der Waals surface area contributed by atoms with Crippen molar-refractivity contribution in [3.05, 3.63) is 0 Å². The third kappa shape index (κ3) is 43.0. The molecule has 0 rings (SSSR count). The van der Waals surface area contributed by atoms with Gasteiger partial charge in [-0.2, -0.15) is 0 Å². The van der Waals surface area contributed by atoms with E-state index in [0.717, 1.165) is 0 Å². The van der Waals surface area contributed by atoms with Gasteiger partial charge in [-0.15, -0.1) is 0 Å². The molecular weight excluding hydrogens is 120 g/mol. The molecule has 0 saturated heterocycles. The third-order valence-corrected chi connectivity index (χ3v) is 0. The van der Waals surface area contributed by atoms with Crippen molar-refractivity contribution in [1.29, 1.82) is 0 Å². The Morgan fingerprint density at radius 1 is 1.40 bits per heavy atom. The first-order valence-corrected chi connectivity index (χ1v) is 1.68. The maximum atomic E-state index is 8.50. The molecule has 0 atom stereocenters. The molecule has 0 fully saturated rings. The van der Waals surface area contributed by atoms with Crippen LogP contribution in [0.1, 0.15) is 2.85 Å². The normalized spacial score (nSPS) is 1.60. The molecule has 0 aromatic carbocycles. The summed E-state index contributed by atoms with van der Waals surface area (Å²) in [5.74, 6) is 0. The molecule has 3 nitrogen and oxygen atoms in total. The molecule has 0 aliphatic rings. The van der Waals surface area contributed by atoms with Crippen LogP contribution in [0.25, 0.3) is 0 Å². The van der Waals surface area contributed by atoms with Crippen molar-refractivity contribution in [2.24, 2.45) is 0 Å². The summed E-state index contributed by atoms with van der Waals surface area (Å²) in [5.41, 5.74) is 0. The van der Waals surface area contributed by atoms with E-state index >= 15 is 0 Å². The van der Waals surface area contributed by atoms with E-state index in [-0.39, 0.29) is 31.4 Å². The fourth-order valence-corrected chi connectivity index (χ4v) is 0. The van der Waals surface area contributed by atoms with E-state index in [1.54, 1.807) is 0 Å². The summed E-state index contributed by atoms with van der Waals surface area (Å²) in [6, 6.07) is 0. The zero-order chi connectivity index (χ0) is 2.71. The standard InChI is InChI=1S/Mg.H2O.2O.Ti.2H/h;1H2;;;;;/q+2;;;;;2*-1. The SMILES string of the molecule is O.[H-].[H-].[Mg+2].[O]=[Ti]=[O]. The van der Waals surface area contributed by atoms with Gasteiger partial charge in [0.2, 0.25) is 0 Å². The van der Waals surface area contributed by atoms with Gasteiger partial charge in [0.15, 0.2) is 0 Å². The van der Waals surface area contributed by atoms with Crippen molar-refractivity contribution in [2.45, 2.75) is 0 Å². The van der Waals surface area contributed by atoms with Crippen LogP contribution in [0.15, 0.2) is 0 Å². The Balaban J connectivity index is -0.00000000333. The molecule has 0 aromatic rings. The first-order valence-electron chi connectivity index (χ1n) is 0.408. The van der Waals surface area contributed by atoms with Crippen LogP contribution in [0, 0.1) is 0 Å². The summed E-state index contributed by atoms with van der Waals surface area (Å²) in [5, 5.41) is 0. The van der Waals surface area contributed by atoms with Gasteiger partial charge in [0.05, 0.1) is 0 Å². The van der Waals surface area contributed by atoms with Crippen LogP contribution in [0.4, 0.5) is 0 Å². The summed E-state index contributed by atoms with van der Waals surface area (Å²) in [4.78, 5) is 0. The molecule has 5 heteroatoms. The Labute approximate surface area is 57.1 Å².